The molecular formula is C21H30Cl2N4O2. The third kappa shape index (κ3) is 5.26. The van der Waals surface area contributed by atoms with Crippen LogP contribution < -0.4 is 14.5 Å². The fourth-order valence-electron chi connectivity index (χ4n) is 3.19. The van der Waals surface area contributed by atoms with Crippen LogP contribution in [-0.2, 0) is 0 Å². The molecule has 0 N–H and O–H groups in total. The summed E-state index contributed by atoms with van der Waals surface area (Å²) in [5, 5.41) is 13.0. The zero-order valence-corrected chi connectivity index (χ0v) is 19.0. The minimum Gasteiger partial charge on any atom is -0.710 e. The Labute approximate surface area is 185 Å². The van der Waals surface area contributed by atoms with Gasteiger partial charge in [-0.3, -0.25) is 0 Å². The first-order chi connectivity index (χ1) is 13.1. The van der Waals surface area contributed by atoms with Crippen molar-refractivity contribution in [2.45, 2.75) is 13.8 Å². The first-order valence-electron chi connectivity index (χ1n) is 9.43. The SMILES string of the molecule is CCN(CC)CCOn1c(-c2ccccc2)[n+]([O-])c2ccc(N(C)C)cc21.Cl.Cl. The molecule has 3 aromatic rings. The topological polar surface area (TPSA) is 47.6 Å². The lowest BCUT2D eigenvalue weighted by atomic mass is 10.2. The molecule has 0 bridgehead atoms. The van der Waals surface area contributed by atoms with E-state index in [1.807, 2.05) is 67.5 Å². The highest BCUT2D eigenvalue weighted by Crippen LogP contribution is 2.25. The van der Waals surface area contributed by atoms with Crippen LogP contribution in [0.25, 0.3) is 22.4 Å². The molecule has 0 spiro atoms. The number of benzene rings is 2. The van der Waals surface area contributed by atoms with Crippen LogP contribution >= 0.6 is 24.8 Å². The lowest BCUT2D eigenvalue weighted by Gasteiger charge is -2.17. The summed E-state index contributed by atoms with van der Waals surface area (Å²) in [6, 6.07) is 15.5. The quantitative estimate of drug-likeness (QED) is 0.396. The number of rotatable bonds is 8. The zero-order valence-electron chi connectivity index (χ0n) is 17.4. The van der Waals surface area contributed by atoms with E-state index in [2.05, 4.69) is 18.7 Å². The van der Waals surface area contributed by atoms with Crippen LogP contribution in [0.3, 0.4) is 0 Å². The van der Waals surface area contributed by atoms with Crippen LogP contribution in [0.15, 0.2) is 48.5 Å². The number of halogens is 2. The minimum atomic E-state index is 0. The molecule has 0 saturated heterocycles. The van der Waals surface area contributed by atoms with Gasteiger partial charge in [0.1, 0.15) is 0 Å². The van der Waals surface area contributed by atoms with E-state index in [4.69, 9.17) is 4.84 Å². The Morgan fingerprint density at radius 1 is 1.00 bits per heavy atom. The summed E-state index contributed by atoms with van der Waals surface area (Å²) in [7, 11) is 3.97. The second-order valence-corrected chi connectivity index (χ2v) is 6.71. The van der Waals surface area contributed by atoms with Gasteiger partial charge < -0.3 is 19.8 Å². The summed E-state index contributed by atoms with van der Waals surface area (Å²) in [6.45, 7) is 7.55. The Kier molecular flexibility index (Phi) is 9.56. The summed E-state index contributed by atoms with van der Waals surface area (Å²) >= 11 is 0. The lowest BCUT2D eigenvalue weighted by molar-refractivity contribution is -0.567. The predicted octanol–water partition coefficient (Wildman–Crippen LogP) is 3.62. The van der Waals surface area contributed by atoms with Gasteiger partial charge in [-0.2, -0.15) is 0 Å². The van der Waals surface area contributed by atoms with Crippen LogP contribution in [0.2, 0.25) is 0 Å². The number of anilines is 1. The molecule has 0 atom stereocenters. The van der Waals surface area contributed by atoms with Gasteiger partial charge in [-0.05, 0) is 42.1 Å². The van der Waals surface area contributed by atoms with E-state index in [9.17, 15) is 5.21 Å². The van der Waals surface area contributed by atoms with Crippen molar-refractivity contribution >= 4 is 41.5 Å². The van der Waals surface area contributed by atoms with E-state index in [1.165, 1.54) is 0 Å². The molecule has 0 fully saturated rings. The van der Waals surface area contributed by atoms with E-state index in [0.29, 0.717) is 17.9 Å². The normalized spacial score (nSPS) is 10.5. The lowest BCUT2D eigenvalue weighted by Crippen LogP contribution is -2.32. The van der Waals surface area contributed by atoms with Gasteiger partial charge in [0.05, 0.1) is 5.56 Å². The van der Waals surface area contributed by atoms with Crippen LogP contribution in [0.4, 0.5) is 5.69 Å². The third-order valence-corrected chi connectivity index (χ3v) is 4.85. The Morgan fingerprint density at radius 3 is 2.24 bits per heavy atom. The molecule has 0 amide bonds. The highest BCUT2D eigenvalue weighted by molar-refractivity contribution is 5.85. The van der Waals surface area contributed by atoms with Gasteiger partial charge in [-0.15, -0.1) is 24.8 Å². The Balaban J connectivity index is 0.00000210. The number of aromatic nitrogens is 2. The number of likely N-dealkylation sites (N-methyl/N-ethyl adjacent to an activating group) is 1. The summed E-state index contributed by atoms with van der Waals surface area (Å²) in [6.07, 6.45) is 0. The fraction of sp³-hybridized carbons (Fsp3) is 0.381. The number of hydrogen-bond donors (Lipinski definition) is 0. The predicted molar refractivity (Wildman–Crippen MR) is 124 cm³/mol. The molecule has 29 heavy (non-hydrogen) atoms. The molecule has 0 unspecified atom stereocenters. The van der Waals surface area contributed by atoms with E-state index in [1.54, 1.807) is 4.73 Å². The molecular weight excluding hydrogens is 411 g/mol. The van der Waals surface area contributed by atoms with Crippen molar-refractivity contribution in [1.82, 2.24) is 9.63 Å². The smallest absolute Gasteiger partial charge is 0.332 e. The Morgan fingerprint density at radius 2 is 1.66 bits per heavy atom. The van der Waals surface area contributed by atoms with Crippen molar-refractivity contribution in [3.8, 4) is 11.4 Å². The molecule has 160 valence electrons. The van der Waals surface area contributed by atoms with Crippen molar-refractivity contribution in [2.75, 3.05) is 45.2 Å². The second-order valence-electron chi connectivity index (χ2n) is 6.71. The number of fused-ring (bicyclic) bond motifs is 1. The van der Waals surface area contributed by atoms with Crippen molar-refractivity contribution in [2.24, 2.45) is 0 Å². The highest BCUT2D eigenvalue weighted by atomic mass is 35.5. The molecule has 8 heteroatoms. The fourth-order valence-corrected chi connectivity index (χ4v) is 3.19. The summed E-state index contributed by atoms with van der Waals surface area (Å²) in [5.41, 5.74) is 3.23. The molecule has 0 aliphatic heterocycles. The van der Waals surface area contributed by atoms with E-state index >= 15 is 0 Å². The largest absolute Gasteiger partial charge is 0.710 e. The average Bonchev–Trinajstić information content (AvgIpc) is 2.97. The summed E-state index contributed by atoms with van der Waals surface area (Å²) < 4.78 is 2.65. The van der Waals surface area contributed by atoms with Gasteiger partial charge in [-0.25, -0.2) is 4.73 Å². The van der Waals surface area contributed by atoms with Crippen LogP contribution in [0.5, 0.6) is 0 Å². The maximum Gasteiger partial charge on any atom is 0.332 e. The molecule has 0 radical (unpaired) electrons. The van der Waals surface area contributed by atoms with Crippen LogP contribution in [0, 0.1) is 5.21 Å². The summed E-state index contributed by atoms with van der Waals surface area (Å²) in [5.74, 6) is 0.501. The van der Waals surface area contributed by atoms with Gasteiger partial charge in [0.15, 0.2) is 12.1 Å². The monoisotopic (exact) mass is 440 g/mol. The molecule has 3 rings (SSSR count). The number of hydrogen-bond acceptors (Lipinski definition) is 4. The zero-order chi connectivity index (χ0) is 19.4. The van der Waals surface area contributed by atoms with Crippen molar-refractivity contribution in [1.29, 1.82) is 0 Å². The molecule has 0 aliphatic rings. The number of nitrogens with zero attached hydrogens (tertiary/aromatic N) is 4. The molecule has 0 aliphatic carbocycles. The van der Waals surface area contributed by atoms with E-state index < -0.39 is 0 Å². The minimum absolute atomic E-state index is 0. The molecule has 6 nitrogen and oxygen atoms in total. The molecule has 1 aromatic heterocycles. The van der Waals surface area contributed by atoms with Crippen LogP contribution in [0.1, 0.15) is 13.8 Å². The summed E-state index contributed by atoms with van der Waals surface area (Å²) in [4.78, 5) is 10.4. The van der Waals surface area contributed by atoms with Gasteiger partial charge >= 0.3 is 5.82 Å². The van der Waals surface area contributed by atoms with Gasteiger partial charge in [-0.1, -0.05) is 32.0 Å². The standard InChI is InChI=1S/C21H28N4O2.2ClH/c1-5-23(6-2)14-15-27-25-20-16-18(22(3)4)12-13-19(20)24(26)21(25)17-10-8-7-9-11-17;;/h7-13,16H,5-6,14-15H2,1-4H3;2*1H. The maximum atomic E-state index is 13.0. The molecule has 1 heterocycles. The van der Waals surface area contributed by atoms with Crippen molar-refractivity contribution < 1.29 is 9.57 Å². The molecule has 0 saturated carbocycles. The average molecular weight is 441 g/mol. The van der Waals surface area contributed by atoms with Gasteiger partial charge in [0.2, 0.25) is 5.52 Å². The maximum absolute atomic E-state index is 13.0. The van der Waals surface area contributed by atoms with E-state index in [-0.39, 0.29) is 24.8 Å². The van der Waals surface area contributed by atoms with E-state index in [0.717, 1.165) is 41.1 Å². The Hall–Kier alpha value is -2.15. The van der Waals surface area contributed by atoms with Crippen LogP contribution in [-0.4, -0.2) is 50.0 Å². The van der Waals surface area contributed by atoms with Crippen molar-refractivity contribution in [3.63, 3.8) is 0 Å². The second kappa shape index (κ2) is 11.1. The first-order valence-corrected chi connectivity index (χ1v) is 9.43. The number of imidazole rings is 1. The van der Waals surface area contributed by atoms with Gasteiger partial charge in [0.25, 0.3) is 0 Å². The first kappa shape index (κ1) is 24.9. The van der Waals surface area contributed by atoms with Gasteiger partial charge in [0, 0.05) is 32.4 Å². The third-order valence-electron chi connectivity index (χ3n) is 4.85. The molecule has 2 aromatic carbocycles. The highest BCUT2D eigenvalue weighted by Gasteiger charge is 2.25. The van der Waals surface area contributed by atoms with Crippen molar-refractivity contribution in [3.05, 3.63) is 53.7 Å². The Bertz CT molecular complexity index is 897.